The predicted octanol–water partition coefficient (Wildman–Crippen LogP) is 8.74. The van der Waals surface area contributed by atoms with Crippen LogP contribution in [0.3, 0.4) is 0 Å². The first-order chi connectivity index (χ1) is 19.7. The Labute approximate surface area is 240 Å². The van der Waals surface area contributed by atoms with E-state index in [1.54, 1.807) is 0 Å². The molecule has 4 aromatic carbocycles. The molecule has 0 aliphatic rings. The molecular weight excluding hydrogens is 508 g/mol. The van der Waals surface area contributed by atoms with Gasteiger partial charge in [0.1, 0.15) is 5.52 Å². The first kappa shape index (κ1) is 26.1. The largest absolute Gasteiger partial charge is 0.346 e. The van der Waals surface area contributed by atoms with Crippen LogP contribution < -0.4 is 4.90 Å². The van der Waals surface area contributed by atoms with Crippen LogP contribution in [0.5, 0.6) is 0 Å². The third-order valence-corrected chi connectivity index (χ3v) is 8.07. The van der Waals surface area contributed by atoms with E-state index in [4.69, 9.17) is 9.97 Å². The topological polar surface area (TPSA) is 34.0 Å². The van der Waals surface area contributed by atoms with Crippen molar-refractivity contribution in [3.05, 3.63) is 132 Å². The Bertz CT molecular complexity index is 1650. The third-order valence-electron chi connectivity index (χ3n) is 7.02. The molecule has 0 radical (unpaired) electrons. The lowest BCUT2D eigenvalue weighted by Crippen LogP contribution is -2.23. The highest BCUT2D eigenvalue weighted by Crippen LogP contribution is 2.37. The van der Waals surface area contributed by atoms with Gasteiger partial charge in [0.15, 0.2) is 11.0 Å². The van der Waals surface area contributed by atoms with Gasteiger partial charge in [-0.1, -0.05) is 135 Å². The van der Waals surface area contributed by atoms with Crippen molar-refractivity contribution in [2.24, 2.45) is 5.92 Å². The summed E-state index contributed by atoms with van der Waals surface area (Å²) in [4.78, 5) is 13.0. The van der Waals surface area contributed by atoms with Gasteiger partial charge in [-0.05, 0) is 28.7 Å². The molecule has 0 unspecified atom stereocenters. The summed E-state index contributed by atoms with van der Waals surface area (Å²) in [5.74, 6) is 2.29. The highest BCUT2D eigenvalue weighted by molar-refractivity contribution is 7.98. The number of nitrogens with zero attached hydrogens (tertiary/aromatic N) is 4. The monoisotopic (exact) mass is 542 g/mol. The molecule has 40 heavy (non-hydrogen) atoms. The fourth-order valence-corrected chi connectivity index (χ4v) is 6.17. The van der Waals surface area contributed by atoms with Crippen molar-refractivity contribution >= 4 is 39.5 Å². The average Bonchev–Trinajstić information content (AvgIpc) is 3.34. The maximum Gasteiger partial charge on any atom is 0.169 e. The van der Waals surface area contributed by atoms with Gasteiger partial charge in [0, 0.05) is 30.8 Å². The molecule has 0 bridgehead atoms. The third kappa shape index (κ3) is 5.75. The van der Waals surface area contributed by atoms with Gasteiger partial charge in [0.25, 0.3) is 0 Å². The van der Waals surface area contributed by atoms with E-state index >= 15 is 0 Å². The van der Waals surface area contributed by atoms with Crippen molar-refractivity contribution in [1.82, 2.24) is 14.5 Å². The standard InChI is InChI=1S/C35H34N4S/c1-26(2)22-39-33-30-20-12-13-21-31(30)36-34(32(33)37-35(39)40-25-29-18-10-5-11-19-29)38(23-27-14-6-3-7-15-27)24-28-16-8-4-9-17-28/h3-21,26H,22-25H2,1-2H3. The molecule has 6 rings (SSSR count). The molecule has 0 atom stereocenters. The Morgan fingerprint density at radius 1 is 0.675 bits per heavy atom. The Morgan fingerprint density at radius 3 is 1.82 bits per heavy atom. The van der Waals surface area contributed by atoms with Gasteiger partial charge in [-0.25, -0.2) is 9.97 Å². The summed E-state index contributed by atoms with van der Waals surface area (Å²) in [5, 5.41) is 2.20. The average molecular weight is 543 g/mol. The molecule has 0 saturated carbocycles. The van der Waals surface area contributed by atoms with Crippen LogP contribution in [0.2, 0.25) is 0 Å². The summed E-state index contributed by atoms with van der Waals surface area (Å²) in [6.07, 6.45) is 0. The fraction of sp³-hybridized carbons (Fsp3) is 0.200. The van der Waals surface area contributed by atoms with E-state index in [9.17, 15) is 0 Å². The molecule has 0 fully saturated rings. The normalized spacial score (nSPS) is 11.5. The summed E-state index contributed by atoms with van der Waals surface area (Å²) in [7, 11) is 0. The van der Waals surface area contributed by atoms with Gasteiger partial charge in [-0.15, -0.1) is 0 Å². The summed E-state index contributed by atoms with van der Waals surface area (Å²) < 4.78 is 2.43. The lowest BCUT2D eigenvalue weighted by molar-refractivity contribution is 0.505. The number of anilines is 1. The SMILES string of the molecule is CC(C)Cn1c(SCc2ccccc2)nc2c(N(Cc3ccccc3)Cc3ccccc3)nc3ccccc3c21. The van der Waals surface area contributed by atoms with Crippen LogP contribution in [0, 0.1) is 5.92 Å². The van der Waals surface area contributed by atoms with Crippen LogP contribution in [0.4, 0.5) is 5.82 Å². The number of thioether (sulfide) groups is 1. The zero-order valence-corrected chi connectivity index (χ0v) is 23.9. The number of imidazole rings is 1. The Kier molecular flexibility index (Phi) is 7.83. The lowest BCUT2D eigenvalue weighted by atomic mass is 10.1. The maximum atomic E-state index is 5.36. The van der Waals surface area contributed by atoms with E-state index in [2.05, 4.69) is 139 Å². The van der Waals surface area contributed by atoms with Crippen molar-refractivity contribution in [3.8, 4) is 0 Å². The van der Waals surface area contributed by atoms with Gasteiger partial charge in [-0.3, -0.25) is 0 Å². The van der Waals surface area contributed by atoms with Crippen molar-refractivity contribution < 1.29 is 0 Å². The molecule has 0 spiro atoms. The van der Waals surface area contributed by atoms with Crippen LogP contribution in [-0.2, 0) is 25.4 Å². The second-order valence-corrected chi connectivity index (χ2v) is 11.6. The summed E-state index contributed by atoms with van der Waals surface area (Å²) in [5.41, 5.74) is 6.95. The fourth-order valence-electron chi connectivity index (χ4n) is 5.20. The Morgan fingerprint density at radius 2 is 1.23 bits per heavy atom. The van der Waals surface area contributed by atoms with Gasteiger partial charge < -0.3 is 9.47 Å². The quantitative estimate of drug-likeness (QED) is 0.162. The Hall–Kier alpha value is -4.09. The van der Waals surface area contributed by atoms with Crippen LogP contribution in [0.1, 0.15) is 30.5 Å². The van der Waals surface area contributed by atoms with Gasteiger partial charge >= 0.3 is 0 Å². The zero-order valence-electron chi connectivity index (χ0n) is 23.1. The van der Waals surface area contributed by atoms with Crippen molar-refractivity contribution in [1.29, 1.82) is 0 Å². The molecule has 0 aliphatic carbocycles. The maximum absolute atomic E-state index is 5.36. The van der Waals surface area contributed by atoms with Crippen LogP contribution in [0.15, 0.2) is 120 Å². The molecule has 200 valence electrons. The number of para-hydroxylation sites is 1. The number of hydrogen-bond acceptors (Lipinski definition) is 4. The number of pyridine rings is 1. The minimum Gasteiger partial charge on any atom is -0.346 e. The number of fused-ring (bicyclic) bond motifs is 3. The van der Waals surface area contributed by atoms with E-state index in [-0.39, 0.29) is 0 Å². The molecule has 2 heterocycles. The number of hydrogen-bond donors (Lipinski definition) is 0. The van der Waals surface area contributed by atoms with Crippen LogP contribution >= 0.6 is 11.8 Å². The molecule has 2 aromatic heterocycles. The first-order valence-corrected chi connectivity index (χ1v) is 14.9. The molecule has 6 aromatic rings. The number of rotatable bonds is 10. The first-order valence-electron chi connectivity index (χ1n) is 13.9. The molecule has 4 nitrogen and oxygen atoms in total. The van der Waals surface area contributed by atoms with E-state index in [0.29, 0.717) is 5.92 Å². The van der Waals surface area contributed by atoms with Crippen molar-refractivity contribution in [2.45, 2.75) is 44.4 Å². The van der Waals surface area contributed by atoms with E-state index in [0.717, 1.165) is 52.8 Å². The molecular formula is C35H34N4S. The van der Waals surface area contributed by atoms with Crippen LogP contribution in [-0.4, -0.2) is 14.5 Å². The molecule has 0 N–H and O–H groups in total. The summed E-state index contributed by atoms with van der Waals surface area (Å²) in [6.45, 7) is 6.95. The Balaban J connectivity index is 1.53. The van der Waals surface area contributed by atoms with E-state index in [1.807, 2.05) is 11.8 Å². The lowest BCUT2D eigenvalue weighted by Gasteiger charge is -2.25. The second kappa shape index (κ2) is 12.0. The predicted molar refractivity (Wildman–Crippen MR) is 169 cm³/mol. The van der Waals surface area contributed by atoms with Crippen LogP contribution in [0.25, 0.3) is 21.9 Å². The minimum absolute atomic E-state index is 0.480. The smallest absolute Gasteiger partial charge is 0.169 e. The molecule has 5 heteroatoms. The van der Waals surface area contributed by atoms with Gasteiger partial charge in [0.2, 0.25) is 0 Å². The highest BCUT2D eigenvalue weighted by Gasteiger charge is 2.23. The highest BCUT2D eigenvalue weighted by atomic mass is 32.2. The van der Waals surface area contributed by atoms with Crippen molar-refractivity contribution in [2.75, 3.05) is 4.90 Å². The number of aromatic nitrogens is 3. The van der Waals surface area contributed by atoms with Gasteiger partial charge in [0.05, 0.1) is 11.0 Å². The van der Waals surface area contributed by atoms with Gasteiger partial charge in [-0.2, -0.15) is 0 Å². The van der Waals surface area contributed by atoms with E-state index in [1.165, 1.54) is 22.2 Å². The zero-order chi connectivity index (χ0) is 27.3. The summed E-state index contributed by atoms with van der Waals surface area (Å²) in [6, 6.07) is 40.5. The molecule has 0 saturated heterocycles. The second-order valence-electron chi connectivity index (χ2n) is 10.7. The van der Waals surface area contributed by atoms with Crippen molar-refractivity contribution in [3.63, 3.8) is 0 Å². The molecule has 0 aliphatic heterocycles. The molecule has 0 amide bonds. The summed E-state index contributed by atoms with van der Waals surface area (Å²) >= 11 is 1.81. The number of benzene rings is 4. The van der Waals surface area contributed by atoms with E-state index < -0.39 is 0 Å². The minimum atomic E-state index is 0.480.